The van der Waals surface area contributed by atoms with Gasteiger partial charge < -0.3 is 65.3 Å². The van der Waals surface area contributed by atoms with Gasteiger partial charge in [-0.25, -0.2) is 0 Å². The molecule has 3 heterocycles. The molecular formula is C42H62O16+2. The Labute approximate surface area is 341 Å². The largest absolute Gasteiger partial charge is 0 e. The van der Waals surface area contributed by atoms with Crippen molar-refractivity contribution in [2.45, 2.75) is 77.2 Å². The van der Waals surface area contributed by atoms with E-state index in [9.17, 15) is 4.79 Å². The Kier molecular flexibility index (Phi) is 34.9. The van der Waals surface area contributed by atoms with Gasteiger partial charge in [-0.15, -0.1) is 0 Å². The standard InChI is InChI=1S/C9H10O2.C8H12O3.2C8H10O2.C6H8O3.C2H.CH4O.O2.H2O.2H2/c1-8-2-4-9(5-3-8)6-11-7-10;9-5-7-1-2-8(6-10,11-7)4-3-7;2*9-5-7-1-2-8(6-10)4-3-7;7-3-5-1-2-6(4-8)9-5;3*1-2;;;/h2-5,7H,6H2,1H3;1-2,9-10H,3-6H2;2*1-4,9-10H,5-6H2;1-2,7-8H,3-4H2;1H;2H,1H3;;1H2;2*1H/q;;;;;+1;;;;;/p+1. The number of aryl methyl sites for hydroxylation is 1. The van der Waals surface area contributed by atoms with Crippen LogP contribution in [0.5, 0.6) is 0 Å². The third kappa shape index (κ3) is 22.1. The van der Waals surface area contributed by atoms with Crippen LogP contribution >= 0.6 is 0 Å². The molecule has 12 N–H and O–H groups in total. The SMILES string of the molecule is CO.Cc1ccc(COC=O)cc1.O.O=[OH+].OCC12C=CC(CO)(CC1)O2.OCc1ccc(CO)cc1.OCc1ccc(CO)cc1.OCc1ccc(CO)o1.[C+]#C.[HH].[HH]. The van der Waals surface area contributed by atoms with Crippen molar-refractivity contribution in [3.8, 4) is 6.42 Å². The smallest absolute Gasteiger partial charge is 0 e. The second-order valence-electron chi connectivity index (χ2n) is 11.7. The summed E-state index contributed by atoms with van der Waals surface area (Å²) in [6, 6.07) is 25.5. The number of aliphatic hydroxyl groups is 9. The van der Waals surface area contributed by atoms with Crippen molar-refractivity contribution in [3.63, 3.8) is 0 Å². The third-order valence-corrected chi connectivity index (χ3v) is 7.85. The maximum absolute atomic E-state index is 9.82. The van der Waals surface area contributed by atoms with Gasteiger partial charge in [-0.05, 0) is 59.7 Å². The van der Waals surface area contributed by atoms with Crippen LogP contribution in [0, 0.1) is 24.7 Å². The first-order chi connectivity index (χ1) is 27.7. The molecule has 1 saturated heterocycles. The van der Waals surface area contributed by atoms with Gasteiger partial charge in [-0.3, -0.25) is 4.79 Å². The molecule has 1 aromatic heterocycles. The molecule has 58 heavy (non-hydrogen) atoms. The number of fused-ring (bicyclic) bond motifs is 2. The zero-order chi connectivity index (χ0) is 43.5. The molecule has 4 aromatic rings. The molecule has 1 fully saturated rings. The van der Waals surface area contributed by atoms with Crippen LogP contribution < -0.4 is 0 Å². The molecule has 0 amide bonds. The maximum Gasteiger partial charge on any atom is 0 e. The molecule has 0 saturated carbocycles. The predicted octanol–water partition coefficient (Wildman–Crippen LogP) is 2.44. The monoisotopic (exact) mass is 822 g/mol. The van der Waals surface area contributed by atoms with E-state index in [2.05, 4.69) is 11.2 Å². The van der Waals surface area contributed by atoms with Gasteiger partial charge in [-0.2, -0.15) is 0 Å². The number of hydrogen-bond donors (Lipinski definition) is 9. The topological polar surface area (TPSA) is 301 Å². The number of hydrogen-bond acceptors (Lipinski definition) is 14. The fourth-order valence-electron chi connectivity index (χ4n) is 4.70. The summed E-state index contributed by atoms with van der Waals surface area (Å²) in [5, 5.41) is 76.5. The molecule has 3 aromatic carbocycles. The fourth-order valence-corrected chi connectivity index (χ4v) is 4.70. The maximum atomic E-state index is 9.82. The van der Waals surface area contributed by atoms with Crippen molar-refractivity contribution in [1.29, 1.82) is 0 Å². The minimum atomic E-state index is -0.470. The van der Waals surface area contributed by atoms with Crippen molar-refractivity contribution < 1.29 is 77.9 Å². The van der Waals surface area contributed by atoms with E-state index in [4.69, 9.17) is 71.5 Å². The van der Waals surface area contributed by atoms with Crippen molar-refractivity contribution in [2.24, 2.45) is 0 Å². The van der Waals surface area contributed by atoms with Crippen LogP contribution in [0.25, 0.3) is 0 Å². The predicted molar refractivity (Wildman–Crippen MR) is 218 cm³/mol. The summed E-state index contributed by atoms with van der Waals surface area (Å²) < 4.78 is 15.0. The Bertz CT molecular complexity index is 1490. The first kappa shape index (κ1) is 57.4. The number of carbonyl (C=O) groups is 1. The van der Waals surface area contributed by atoms with Crippen molar-refractivity contribution in [3.05, 3.63) is 153 Å². The van der Waals surface area contributed by atoms with Crippen LogP contribution in [0.1, 0.15) is 60.6 Å². The molecule has 324 valence electrons. The molecule has 2 aliphatic rings. The number of aliphatic hydroxyl groups excluding tert-OH is 9. The third-order valence-electron chi connectivity index (χ3n) is 7.85. The van der Waals surface area contributed by atoms with E-state index < -0.39 is 11.2 Å². The van der Waals surface area contributed by atoms with Gasteiger partial charge in [0.2, 0.25) is 4.96 Å². The summed E-state index contributed by atoms with van der Waals surface area (Å²) in [4.78, 5) is 22.8. The van der Waals surface area contributed by atoms with Gasteiger partial charge in [0.1, 0.15) is 42.5 Å². The molecule has 16 heteroatoms. The summed E-state index contributed by atoms with van der Waals surface area (Å²) in [6.07, 6.45) is 14.4. The molecule has 0 radical (unpaired) electrons. The molecule has 0 aliphatic carbocycles. The first-order valence-corrected chi connectivity index (χ1v) is 17.2. The van der Waals surface area contributed by atoms with E-state index in [1.165, 1.54) is 5.56 Å². The minimum Gasteiger partial charge on any atom is 0 e. The van der Waals surface area contributed by atoms with E-state index in [1.807, 2.05) is 43.3 Å². The van der Waals surface area contributed by atoms with Gasteiger partial charge >= 0.3 is 12.8 Å². The zero-order valence-corrected chi connectivity index (χ0v) is 32.7. The van der Waals surface area contributed by atoms with E-state index in [0.29, 0.717) is 24.6 Å². The first-order valence-electron chi connectivity index (χ1n) is 17.2. The number of rotatable bonds is 11. The summed E-state index contributed by atoms with van der Waals surface area (Å²) >= 11 is 0. The van der Waals surface area contributed by atoms with Crippen LogP contribution in [-0.4, -0.2) is 94.4 Å². The molecular weight excluding hydrogens is 760 g/mol. The molecule has 0 spiro atoms. The van der Waals surface area contributed by atoms with E-state index in [-0.39, 0.29) is 61.2 Å². The van der Waals surface area contributed by atoms with Crippen molar-refractivity contribution >= 4 is 6.47 Å². The van der Waals surface area contributed by atoms with E-state index >= 15 is 0 Å². The van der Waals surface area contributed by atoms with Gasteiger partial charge in [0, 0.05) is 14.9 Å². The van der Waals surface area contributed by atoms with Crippen LogP contribution in [0.3, 0.4) is 0 Å². The molecule has 2 atom stereocenters. The molecule has 2 bridgehead atoms. The average Bonchev–Trinajstić information content (AvgIpc) is 4.04. The van der Waals surface area contributed by atoms with E-state index in [1.54, 1.807) is 60.7 Å². The van der Waals surface area contributed by atoms with Crippen LogP contribution in [0.2, 0.25) is 0 Å². The Morgan fingerprint density at radius 1 is 0.621 bits per heavy atom. The normalized spacial score (nSPS) is 15.9. The van der Waals surface area contributed by atoms with Crippen molar-refractivity contribution in [1.82, 2.24) is 0 Å². The van der Waals surface area contributed by atoms with Crippen LogP contribution in [0.15, 0.2) is 101 Å². The number of furan rings is 1. The minimum absolute atomic E-state index is 0. The fraction of sp³-hybridized carbons (Fsp3) is 0.357. The van der Waals surface area contributed by atoms with E-state index in [0.717, 1.165) is 47.8 Å². The second kappa shape index (κ2) is 35.3. The average molecular weight is 823 g/mol. The Hall–Kier alpha value is -4.91. The van der Waals surface area contributed by atoms with Crippen LogP contribution in [0.4, 0.5) is 0 Å². The summed E-state index contributed by atoms with van der Waals surface area (Å²) in [6.45, 7) is 2.90. The quantitative estimate of drug-likeness (QED) is 0.0345. The van der Waals surface area contributed by atoms with Gasteiger partial charge in [0.25, 0.3) is 6.47 Å². The summed E-state index contributed by atoms with van der Waals surface area (Å²) in [7, 11) is 1.00. The second-order valence-corrected chi connectivity index (χ2v) is 11.7. The number of carbonyl (C=O) groups excluding carboxylic acids is 1. The van der Waals surface area contributed by atoms with Crippen molar-refractivity contribution in [2.75, 3.05) is 20.3 Å². The molecule has 2 unspecified atom stereocenters. The summed E-state index contributed by atoms with van der Waals surface area (Å²) in [5.41, 5.74) is 4.78. The van der Waals surface area contributed by atoms with Gasteiger partial charge in [-0.1, -0.05) is 90.5 Å². The Morgan fingerprint density at radius 2 is 0.931 bits per heavy atom. The Balaban J connectivity index is -0.000000201. The number of ether oxygens (including phenoxy) is 2. The van der Waals surface area contributed by atoms with Gasteiger partial charge in [0.05, 0.1) is 39.6 Å². The molecule has 2 aliphatic heterocycles. The summed E-state index contributed by atoms with van der Waals surface area (Å²) in [5.74, 6) is 0.970. The number of terminal acetylenes is 1. The zero-order valence-electron chi connectivity index (χ0n) is 32.7. The number of benzene rings is 3. The Morgan fingerprint density at radius 3 is 1.14 bits per heavy atom. The molecule has 16 nitrogen and oxygen atoms in total. The van der Waals surface area contributed by atoms with Crippen LogP contribution in [-0.2, 0) is 60.5 Å². The molecule has 6 rings (SSSR count). The van der Waals surface area contributed by atoms with Gasteiger partial charge in [0.15, 0.2) is 0 Å².